The summed E-state index contributed by atoms with van der Waals surface area (Å²) >= 11 is 0. The van der Waals surface area contributed by atoms with Crippen LogP contribution in [0.2, 0.25) is 0 Å². The lowest BCUT2D eigenvalue weighted by Crippen LogP contribution is -2.30. The van der Waals surface area contributed by atoms with Crippen LogP contribution in [0.1, 0.15) is 316 Å². The molecule has 83 heavy (non-hydrogen) atoms. The summed E-state index contributed by atoms with van der Waals surface area (Å²) in [4.78, 5) is 38.4. The van der Waals surface area contributed by atoms with Crippen LogP contribution in [0.15, 0.2) is 134 Å². The van der Waals surface area contributed by atoms with Crippen LogP contribution in [0.5, 0.6) is 0 Å². The zero-order valence-corrected chi connectivity index (χ0v) is 54.2. The summed E-state index contributed by atoms with van der Waals surface area (Å²) in [6, 6.07) is 0. The van der Waals surface area contributed by atoms with E-state index in [0.29, 0.717) is 19.3 Å². The van der Waals surface area contributed by atoms with E-state index in [4.69, 9.17) is 14.2 Å². The molecule has 0 aliphatic rings. The molecule has 0 spiro atoms. The maximum atomic E-state index is 12.9. The van der Waals surface area contributed by atoms with Gasteiger partial charge in [-0.2, -0.15) is 0 Å². The van der Waals surface area contributed by atoms with Crippen LogP contribution in [0.4, 0.5) is 0 Å². The Hall–Kier alpha value is -4.45. The summed E-state index contributed by atoms with van der Waals surface area (Å²) in [5.41, 5.74) is 0. The molecule has 1 atom stereocenters. The number of carbonyl (C=O) groups excluding carboxylic acids is 3. The van der Waals surface area contributed by atoms with Gasteiger partial charge in [-0.15, -0.1) is 0 Å². The van der Waals surface area contributed by atoms with Crippen molar-refractivity contribution >= 4 is 17.9 Å². The molecular weight excluding hydrogens is 1020 g/mol. The molecule has 0 aromatic rings. The minimum atomic E-state index is -0.794. The van der Waals surface area contributed by atoms with Crippen molar-refractivity contribution in [1.82, 2.24) is 0 Å². The smallest absolute Gasteiger partial charge is 0.306 e. The molecule has 0 saturated carbocycles. The molecule has 0 N–H and O–H groups in total. The molecule has 0 aliphatic heterocycles. The first kappa shape index (κ1) is 78.5. The normalized spacial score (nSPS) is 13.0. The molecule has 6 heteroatoms. The van der Waals surface area contributed by atoms with Crippen LogP contribution in [-0.2, 0) is 28.6 Å². The quantitative estimate of drug-likeness (QED) is 0.0261. The van der Waals surface area contributed by atoms with Crippen molar-refractivity contribution in [2.45, 2.75) is 322 Å². The highest BCUT2D eigenvalue weighted by molar-refractivity contribution is 5.71. The highest BCUT2D eigenvalue weighted by Gasteiger charge is 2.19. The van der Waals surface area contributed by atoms with Gasteiger partial charge in [0.25, 0.3) is 0 Å². The molecule has 1 unspecified atom stereocenters. The van der Waals surface area contributed by atoms with Crippen molar-refractivity contribution in [1.29, 1.82) is 0 Å². The number of ether oxygens (including phenoxy) is 3. The Balaban J connectivity index is 4.30. The summed E-state index contributed by atoms with van der Waals surface area (Å²) < 4.78 is 16.9. The summed E-state index contributed by atoms with van der Waals surface area (Å²) in [5, 5.41) is 0. The molecule has 0 heterocycles. The fraction of sp³-hybridized carbons (Fsp3) is 0.675. The summed E-state index contributed by atoms with van der Waals surface area (Å²) in [5.74, 6) is -0.911. The fourth-order valence-corrected chi connectivity index (χ4v) is 9.43. The van der Waals surface area contributed by atoms with Crippen LogP contribution in [-0.4, -0.2) is 37.2 Å². The number of carbonyl (C=O) groups is 3. The topological polar surface area (TPSA) is 78.9 Å². The van der Waals surface area contributed by atoms with E-state index < -0.39 is 6.10 Å². The van der Waals surface area contributed by atoms with E-state index in [9.17, 15) is 14.4 Å². The summed E-state index contributed by atoms with van der Waals surface area (Å²) in [6.07, 6.45) is 99.0. The van der Waals surface area contributed by atoms with Gasteiger partial charge in [-0.05, 0) is 141 Å². The first-order valence-electron chi connectivity index (χ1n) is 34.7. The van der Waals surface area contributed by atoms with Crippen LogP contribution in [0.25, 0.3) is 0 Å². The third kappa shape index (κ3) is 68.2. The molecule has 0 aromatic heterocycles. The first-order chi connectivity index (χ1) is 41.0. The predicted molar refractivity (Wildman–Crippen MR) is 362 cm³/mol. The van der Waals surface area contributed by atoms with E-state index in [1.807, 2.05) is 0 Å². The SMILES string of the molecule is CC/C=C\C/C=C\C/C=C\C/C=C\C/C=C\C/C=C\C/C=C\C/C=C\C/C=C\CCCCCCCCCC(=O)OCC(COC(=O)CCCCCCC/C=C\CCCCCCC)OC(=O)CCCCCCC/C=C\CCCCCCCCC. The van der Waals surface area contributed by atoms with Crippen LogP contribution >= 0.6 is 0 Å². The number of unbranched alkanes of at least 4 members (excludes halogenated alkanes) is 29. The average molecular weight is 1150 g/mol. The summed E-state index contributed by atoms with van der Waals surface area (Å²) in [6.45, 7) is 6.51. The van der Waals surface area contributed by atoms with Crippen molar-refractivity contribution in [2.75, 3.05) is 13.2 Å². The van der Waals surface area contributed by atoms with Crippen molar-refractivity contribution < 1.29 is 28.6 Å². The second kappa shape index (κ2) is 70.0. The molecule has 0 aliphatic carbocycles. The third-order valence-electron chi connectivity index (χ3n) is 14.6. The number of allylic oxidation sites excluding steroid dienone is 22. The molecule has 0 amide bonds. The molecule has 0 aromatic carbocycles. The van der Waals surface area contributed by atoms with E-state index in [1.165, 1.54) is 135 Å². The molecule has 0 rings (SSSR count). The molecule has 0 radical (unpaired) electrons. The second-order valence-electron chi connectivity index (χ2n) is 22.7. The molecule has 6 nitrogen and oxygen atoms in total. The monoisotopic (exact) mass is 1150 g/mol. The van der Waals surface area contributed by atoms with Gasteiger partial charge in [-0.3, -0.25) is 14.4 Å². The maximum absolute atomic E-state index is 12.9. The Labute approximate surface area is 513 Å². The fourth-order valence-electron chi connectivity index (χ4n) is 9.43. The molecular formula is C77H128O6. The van der Waals surface area contributed by atoms with Gasteiger partial charge < -0.3 is 14.2 Å². The number of hydrogen-bond acceptors (Lipinski definition) is 6. The Kier molecular flexibility index (Phi) is 66.3. The van der Waals surface area contributed by atoms with Crippen molar-refractivity contribution in [3.63, 3.8) is 0 Å². The Morgan fingerprint density at radius 1 is 0.253 bits per heavy atom. The van der Waals surface area contributed by atoms with E-state index in [1.54, 1.807) is 0 Å². The summed E-state index contributed by atoms with van der Waals surface area (Å²) in [7, 11) is 0. The lowest BCUT2D eigenvalue weighted by atomic mass is 10.1. The predicted octanol–water partition coefficient (Wildman–Crippen LogP) is 24.1. The average Bonchev–Trinajstić information content (AvgIpc) is 3.49. The number of esters is 3. The van der Waals surface area contributed by atoms with Gasteiger partial charge in [-0.25, -0.2) is 0 Å². The van der Waals surface area contributed by atoms with E-state index in [2.05, 4.69) is 154 Å². The van der Waals surface area contributed by atoms with Gasteiger partial charge >= 0.3 is 17.9 Å². The first-order valence-corrected chi connectivity index (χ1v) is 34.7. The zero-order valence-electron chi connectivity index (χ0n) is 54.2. The van der Waals surface area contributed by atoms with Gasteiger partial charge in [-0.1, -0.05) is 289 Å². The Bertz CT molecular complexity index is 1750. The van der Waals surface area contributed by atoms with Gasteiger partial charge in [0.05, 0.1) is 0 Å². The largest absolute Gasteiger partial charge is 0.462 e. The third-order valence-corrected chi connectivity index (χ3v) is 14.6. The van der Waals surface area contributed by atoms with E-state index in [0.717, 1.165) is 141 Å². The lowest BCUT2D eigenvalue weighted by molar-refractivity contribution is -0.167. The lowest BCUT2D eigenvalue weighted by Gasteiger charge is -2.18. The van der Waals surface area contributed by atoms with Crippen molar-refractivity contribution in [3.8, 4) is 0 Å². The minimum absolute atomic E-state index is 0.0900. The van der Waals surface area contributed by atoms with E-state index >= 15 is 0 Å². The highest BCUT2D eigenvalue weighted by atomic mass is 16.6. The molecule has 472 valence electrons. The maximum Gasteiger partial charge on any atom is 0.306 e. The van der Waals surface area contributed by atoms with Crippen LogP contribution in [0, 0.1) is 0 Å². The van der Waals surface area contributed by atoms with Gasteiger partial charge in [0.1, 0.15) is 13.2 Å². The highest BCUT2D eigenvalue weighted by Crippen LogP contribution is 2.15. The number of rotatable bonds is 62. The second-order valence-corrected chi connectivity index (χ2v) is 22.7. The Morgan fingerprint density at radius 2 is 0.470 bits per heavy atom. The van der Waals surface area contributed by atoms with Crippen LogP contribution in [0.3, 0.4) is 0 Å². The molecule has 0 fully saturated rings. The molecule has 0 bridgehead atoms. The van der Waals surface area contributed by atoms with Gasteiger partial charge in [0.15, 0.2) is 6.10 Å². The minimum Gasteiger partial charge on any atom is -0.462 e. The standard InChI is InChI=1S/C77H128O6/c1-4-7-10-13-16-19-22-25-28-30-31-32-33-34-35-36-37-38-39-40-41-42-43-44-45-46-47-48-50-52-55-58-61-64-67-70-76(79)82-73-74(72-81-75(78)69-66-63-60-57-54-51-27-24-21-18-15-12-9-6-3)83-77(80)71-68-65-62-59-56-53-49-29-26-23-20-17-14-11-8-5-2/h7,10,16,19,24-25,27-29,31-32,34-35,37-38,40-41,43-44,46-47,49,74H,4-6,8-9,11-15,17-18,20-23,26,30,33,36,39,42,45,48,50-73H2,1-3H3/b10-7-,19-16-,27-24-,28-25-,32-31-,35-34-,38-37-,41-40-,44-43-,47-46-,49-29-. The zero-order chi connectivity index (χ0) is 59.9. The van der Waals surface area contributed by atoms with Gasteiger partial charge in [0, 0.05) is 19.3 Å². The van der Waals surface area contributed by atoms with Crippen molar-refractivity contribution in [2.24, 2.45) is 0 Å². The Morgan fingerprint density at radius 3 is 0.747 bits per heavy atom. The van der Waals surface area contributed by atoms with E-state index in [-0.39, 0.29) is 31.1 Å². The van der Waals surface area contributed by atoms with Gasteiger partial charge in [0.2, 0.25) is 0 Å². The van der Waals surface area contributed by atoms with Crippen molar-refractivity contribution in [3.05, 3.63) is 134 Å². The molecule has 0 saturated heterocycles. The van der Waals surface area contributed by atoms with Crippen LogP contribution < -0.4 is 0 Å². The number of hydrogen-bond donors (Lipinski definition) is 0.